The van der Waals surface area contributed by atoms with Crippen LogP contribution in [0.2, 0.25) is 0 Å². The third-order valence-corrected chi connectivity index (χ3v) is 6.59. The summed E-state index contributed by atoms with van der Waals surface area (Å²) in [5.41, 5.74) is 4.61. The summed E-state index contributed by atoms with van der Waals surface area (Å²) in [5, 5.41) is 8.24. The van der Waals surface area contributed by atoms with E-state index in [1.54, 1.807) is 6.92 Å². The number of nitrogens with zero attached hydrogens (tertiary/aromatic N) is 2. The fourth-order valence-corrected chi connectivity index (χ4v) is 5.07. The van der Waals surface area contributed by atoms with Crippen molar-refractivity contribution >= 4 is 50.3 Å². The van der Waals surface area contributed by atoms with Crippen LogP contribution in [0, 0.1) is 20.8 Å². The average Bonchev–Trinajstić information content (AvgIpc) is 3.48. The first-order chi connectivity index (χ1) is 16.4. The van der Waals surface area contributed by atoms with Crippen LogP contribution in [0.3, 0.4) is 0 Å². The Kier molecular flexibility index (Phi) is 5.41. The molecule has 8 nitrogen and oxygen atoms in total. The lowest BCUT2D eigenvalue weighted by atomic mass is 10.1. The van der Waals surface area contributed by atoms with Gasteiger partial charge in [-0.25, -0.2) is 9.78 Å². The van der Waals surface area contributed by atoms with E-state index in [2.05, 4.69) is 15.5 Å². The van der Waals surface area contributed by atoms with Gasteiger partial charge >= 0.3 is 5.97 Å². The maximum Gasteiger partial charge on any atom is 0.342 e. The number of fused-ring (bicyclic) bond motifs is 2. The third-order valence-electron chi connectivity index (χ3n) is 5.54. The Bertz CT molecular complexity index is 1540. The van der Waals surface area contributed by atoms with Crippen LogP contribution in [0.4, 0.5) is 5.88 Å². The highest BCUT2D eigenvalue weighted by molar-refractivity contribution is 7.21. The molecule has 0 saturated carbocycles. The molecule has 0 unspecified atom stereocenters. The van der Waals surface area contributed by atoms with Crippen molar-refractivity contribution in [1.82, 2.24) is 10.1 Å². The maximum absolute atomic E-state index is 13.0. The molecule has 0 spiro atoms. The van der Waals surface area contributed by atoms with E-state index in [-0.39, 0.29) is 23.8 Å². The number of thiazole rings is 1. The number of rotatable bonds is 5. The summed E-state index contributed by atoms with van der Waals surface area (Å²) in [6.45, 7) is 5.57. The Morgan fingerprint density at radius 1 is 1.15 bits per heavy atom. The fraction of sp³-hybridized carbons (Fsp3) is 0.200. The summed E-state index contributed by atoms with van der Waals surface area (Å²) in [6, 6.07) is 11.6. The van der Waals surface area contributed by atoms with Gasteiger partial charge in [0, 0.05) is 5.39 Å². The number of aryl methyl sites for hydroxylation is 3. The van der Waals surface area contributed by atoms with E-state index in [1.807, 2.05) is 50.2 Å². The first-order valence-electron chi connectivity index (χ1n) is 10.6. The highest BCUT2D eigenvalue weighted by atomic mass is 32.1. The minimum absolute atomic E-state index is 0.0253. The first kappa shape index (κ1) is 21.8. The standard InChI is InChI=1S/C25H21N3O5S/c1-12-9-13(2)22-15(10-12)17(28-33-22)11-19(29)27-23-21(20(14(3)32-23)25(30)31-4)24-26-16-7-5-6-8-18(16)34-24/h5-10H,11H2,1-4H3,(H,27,29). The number of para-hydroxylation sites is 1. The summed E-state index contributed by atoms with van der Waals surface area (Å²) in [7, 11) is 1.30. The number of anilines is 1. The molecule has 9 heteroatoms. The number of aromatic nitrogens is 2. The van der Waals surface area contributed by atoms with Gasteiger partial charge in [0.15, 0.2) is 5.58 Å². The van der Waals surface area contributed by atoms with Crippen molar-refractivity contribution in [3.63, 3.8) is 0 Å². The molecule has 0 aliphatic carbocycles. The van der Waals surface area contributed by atoms with E-state index < -0.39 is 5.97 Å². The van der Waals surface area contributed by atoms with E-state index >= 15 is 0 Å². The predicted molar refractivity (Wildman–Crippen MR) is 129 cm³/mol. The molecule has 3 aromatic heterocycles. The Balaban J connectivity index is 1.53. The van der Waals surface area contributed by atoms with Gasteiger partial charge in [0.2, 0.25) is 11.8 Å². The zero-order valence-electron chi connectivity index (χ0n) is 19.0. The Morgan fingerprint density at radius 2 is 1.94 bits per heavy atom. The van der Waals surface area contributed by atoms with Gasteiger partial charge < -0.3 is 13.7 Å². The molecule has 0 radical (unpaired) electrons. The summed E-state index contributed by atoms with van der Waals surface area (Å²) in [6.07, 6.45) is -0.0253. The Morgan fingerprint density at radius 3 is 2.71 bits per heavy atom. The molecule has 1 amide bonds. The van der Waals surface area contributed by atoms with Gasteiger partial charge in [-0.1, -0.05) is 23.4 Å². The van der Waals surface area contributed by atoms with Crippen LogP contribution in [-0.4, -0.2) is 29.1 Å². The predicted octanol–water partition coefficient (Wildman–Crippen LogP) is 5.59. The number of hydrogen-bond acceptors (Lipinski definition) is 8. The quantitative estimate of drug-likeness (QED) is 0.330. The van der Waals surface area contributed by atoms with Gasteiger partial charge in [-0.15, -0.1) is 11.3 Å². The molecule has 172 valence electrons. The van der Waals surface area contributed by atoms with E-state index in [0.29, 0.717) is 27.6 Å². The van der Waals surface area contributed by atoms with Crippen molar-refractivity contribution < 1.29 is 23.3 Å². The maximum atomic E-state index is 13.0. The van der Waals surface area contributed by atoms with Crippen LogP contribution in [0.15, 0.2) is 45.3 Å². The second kappa shape index (κ2) is 8.42. The number of benzene rings is 2. The number of methoxy groups -OCH3 is 1. The molecule has 0 aliphatic rings. The molecule has 0 saturated heterocycles. The average molecular weight is 476 g/mol. The lowest BCUT2D eigenvalue weighted by molar-refractivity contribution is -0.115. The molecule has 0 fully saturated rings. The van der Waals surface area contributed by atoms with Gasteiger partial charge in [0.1, 0.15) is 22.0 Å². The zero-order chi connectivity index (χ0) is 24.0. The van der Waals surface area contributed by atoms with Crippen molar-refractivity contribution in [1.29, 1.82) is 0 Å². The molecule has 2 aromatic carbocycles. The minimum Gasteiger partial charge on any atom is -0.465 e. The summed E-state index contributed by atoms with van der Waals surface area (Å²) >= 11 is 1.40. The highest BCUT2D eigenvalue weighted by Crippen LogP contribution is 2.40. The number of ether oxygens (including phenoxy) is 1. The molecule has 0 atom stereocenters. The lowest BCUT2D eigenvalue weighted by Gasteiger charge is -2.04. The van der Waals surface area contributed by atoms with Gasteiger partial charge in [0.25, 0.3) is 0 Å². The summed E-state index contributed by atoms with van der Waals surface area (Å²) in [4.78, 5) is 30.2. The van der Waals surface area contributed by atoms with Crippen LogP contribution >= 0.6 is 11.3 Å². The van der Waals surface area contributed by atoms with Gasteiger partial charge in [-0.2, -0.15) is 0 Å². The monoisotopic (exact) mass is 475 g/mol. The molecule has 0 bridgehead atoms. The van der Waals surface area contributed by atoms with Crippen LogP contribution in [-0.2, 0) is 16.0 Å². The molecular formula is C25H21N3O5S. The number of nitrogens with one attached hydrogen (secondary N) is 1. The van der Waals surface area contributed by atoms with Crippen LogP contribution < -0.4 is 5.32 Å². The normalized spacial score (nSPS) is 11.3. The molecule has 5 rings (SSSR count). The molecule has 5 aromatic rings. The molecule has 0 aliphatic heterocycles. The molecule has 3 heterocycles. The molecular weight excluding hydrogens is 454 g/mol. The van der Waals surface area contributed by atoms with Gasteiger partial charge in [0.05, 0.1) is 29.3 Å². The SMILES string of the molecule is COC(=O)c1c(C)oc(NC(=O)Cc2noc3c(C)cc(C)cc23)c1-c1nc2ccccc2s1. The third kappa shape index (κ3) is 3.73. The van der Waals surface area contributed by atoms with E-state index in [1.165, 1.54) is 18.4 Å². The van der Waals surface area contributed by atoms with Gasteiger partial charge in [-0.05, 0) is 50.1 Å². The fourth-order valence-electron chi connectivity index (χ4n) is 4.05. The largest absolute Gasteiger partial charge is 0.465 e. The number of carbonyl (C=O) groups is 2. The number of carbonyl (C=O) groups excluding carboxylic acids is 2. The van der Waals surface area contributed by atoms with Gasteiger partial charge in [-0.3, -0.25) is 10.1 Å². The van der Waals surface area contributed by atoms with Crippen molar-refractivity contribution in [2.75, 3.05) is 12.4 Å². The van der Waals surface area contributed by atoms with Crippen molar-refractivity contribution in [2.45, 2.75) is 27.2 Å². The van der Waals surface area contributed by atoms with Crippen molar-refractivity contribution in [3.05, 3.63) is 64.5 Å². The van der Waals surface area contributed by atoms with Crippen LogP contribution in [0.1, 0.15) is 32.9 Å². The van der Waals surface area contributed by atoms with E-state index in [9.17, 15) is 9.59 Å². The smallest absolute Gasteiger partial charge is 0.342 e. The summed E-state index contributed by atoms with van der Waals surface area (Å²) < 4.78 is 17.2. The number of amides is 1. The highest BCUT2D eigenvalue weighted by Gasteiger charge is 2.29. The molecule has 34 heavy (non-hydrogen) atoms. The number of esters is 1. The Labute approximate surface area is 198 Å². The van der Waals surface area contributed by atoms with Crippen LogP contribution in [0.5, 0.6) is 0 Å². The zero-order valence-corrected chi connectivity index (χ0v) is 19.8. The second-order valence-corrected chi connectivity index (χ2v) is 9.06. The van der Waals surface area contributed by atoms with Crippen molar-refractivity contribution in [3.8, 4) is 10.6 Å². The van der Waals surface area contributed by atoms with Crippen LogP contribution in [0.25, 0.3) is 31.8 Å². The first-order valence-corrected chi connectivity index (χ1v) is 11.4. The summed E-state index contributed by atoms with van der Waals surface area (Å²) in [5.74, 6) is -0.456. The number of furan rings is 1. The Hall–Kier alpha value is -3.98. The number of hydrogen-bond donors (Lipinski definition) is 1. The topological polar surface area (TPSA) is 107 Å². The second-order valence-electron chi connectivity index (χ2n) is 8.03. The minimum atomic E-state index is -0.565. The van der Waals surface area contributed by atoms with E-state index in [0.717, 1.165) is 26.7 Å². The lowest BCUT2D eigenvalue weighted by Crippen LogP contribution is -2.15. The van der Waals surface area contributed by atoms with E-state index in [4.69, 9.17) is 13.7 Å². The molecule has 1 N–H and O–H groups in total. The van der Waals surface area contributed by atoms with Crippen molar-refractivity contribution in [2.24, 2.45) is 0 Å².